The lowest BCUT2D eigenvalue weighted by molar-refractivity contribution is -0.132. The molecule has 2 aliphatic rings. The van der Waals surface area contributed by atoms with E-state index in [4.69, 9.17) is 9.73 Å². The summed E-state index contributed by atoms with van der Waals surface area (Å²) in [5.74, 6) is 0.740. The number of methoxy groups -OCH3 is 1. The average Bonchev–Trinajstić information content (AvgIpc) is 3.05. The normalized spacial score (nSPS) is 17.8. The maximum Gasteiger partial charge on any atom is 0.272 e. The van der Waals surface area contributed by atoms with Crippen molar-refractivity contribution in [3.05, 3.63) is 65.2 Å². The number of ether oxygens (including phenoxy) is 1. The zero-order valence-electron chi connectivity index (χ0n) is 16.8. The van der Waals surface area contributed by atoms with Crippen LogP contribution in [-0.4, -0.2) is 48.3 Å². The summed E-state index contributed by atoms with van der Waals surface area (Å²) in [6, 6.07) is 15.4. The van der Waals surface area contributed by atoms with Gasteiger partial charge in [0.2, 0.25) is 5.91 Å². The molecule has 2 aromatic carbocycles. The SMILES string of the molecule is COc1ccc(CC(=O)N2CCC3(CC2)N=C(c2ccc(C)cc2)C(=O)N3)cc1. The van der Waals surface area contributed by atoms with Gasteiger partial charge in [-0.3, -0.25) is 14.6 Å². The molecule has 1 spiro atoms. The summed E-state index contributed by atoms with van der Waals surface area (Å²) in [5.41, 5.74) is 2.84. The van der Waals surface area contributed by atoms with E-state index >= 15 is 0 Å². The van der Waals surface area contributed by atoms with Crippen LogP contribution >= 0.6 is 0 Å². The van der Waals surface area contributed by atoms with E-state index in [2.05, 4.69) is 5.32 Å². The lowest BCUT2D eigenvalue weighted by atomic mass is 9.97. The van der Waals surface area contributed by atoms with Gasteiger partial charge in [0, 0.05) is 31.5 Å². The smallest absolute Gasteiger partial charge is 0.272 e. The fourth-order valence-electron chi connectivity index (χ4n) is 3.86. The van der Waals surface area contributed by atoms with Crippen molar-refractivity contribution in [1.82, 2.24) is 10.2 Å². The van der Waals surface area contributed by atoms with Crippen molar-refractivity contribution in [2.24, 2.45) is 4.99 Å². The Morgan fingerprint density at radius 3 is 2.38 bits per heavy atom. The molecule has 2 aromatic rings. The predicted octanol–water partition coefficient (Wildman–Crippen LogP) is 2.48. The number of rotatable bonds is 4. The van der Waals surface area contributed by atoms with Crippen LogP contribution in [0, 0.1) is 6.92 Å². The molecule has 29 heavy (non-hydrogen) atoms. The Labute approximate surface area is 170 Å². The second kappa shape index (κ2) is 7.70. The first-order valence-electron chi connectivity index (χ1n) is 9.88. The number of benzene rings is 2. The van der Waals surface area contributed by atoms with Gasteiger partial charge in [0.1, 0.15) is 17.1 Å². The van der Waals surface area contributed by atoms with Gasteiger partial charge in [-0.1, -0.05) is 42.0 Å². The molecule has 6 nitrogen and oxygen atoms in total. The third kappa shape index (κ3) is 4.01. The molecule has 0 atom stereocenters. The molecule has 150 valence electrons. The molecule has 0 aliphatic carbocycles. The quantitative estimate of drug-likeness (QED) is 0.870. The van der Waals surface area contributed by atoms with Crippen LogP contribution in [0.4, 0.5) is 0 Å². The van der Waals surface area contributed by atoms with Gasteiger partial charge in [-0.25, -0.2) is 0 Å². The van der Waals surface area contributed by atoms with E-state index < -0.39 is 5.66 Å². The summed E-state index contributed by atoms with van der Waals surface area (Å²) >= 11 is 0. The number of aliphatic imine (C=N–C) groups is 1. The highest BCUT2D eigenvalue weighted by Gasteiger charge is 2.42. The first-order valence-corrected chi connectivity index (χ1v) is 9.88. The molecular weight excluding hydrogens is 366 g/mol. The Morgan fingerprint density at radius 2 is 1.76 bits per heavy atom. The summed E-state index contributed by atoms with van der Waals surface area (Å²) in [4.78, 5) is 31.8. The lowest BCUT2D eigenvalue weighted by Gasteiger charge is -2.37. The van der Waals surface area contributed by atoms with Crippen LogP contribution in [0.1, 0.15) is 29.5 Å². The van der Waals surface area contributed by atoms with E-state index in [-0.39, 0.29) is 11.8 Å². The van der Waals surface area contributed by atoms with Crippen molar-refractivity contribution < 1.29 is 14.3 Å². The first-order chi connectivity index (χ1) is 14.0. The molecule has 0 aromatic heterocycles. The zero-order valence-corrected chi connectivity index (χ0v) is 16.8. The van der Waals surface area contributed by atoms with Crippen LogP contribution < -0.4 is 10.1 Å². The molecule has 0 saturated carbocycles. The van der Waals surface area contributed by atoms with E-state index in [0.717, 1.165) is 22.4 Å². The number of aryl methyl sites for hydroxylation is 1. The van der Waals surface area contributed by atoms with Crippen molar-refractivity contribution in [3.63, 3.8) is 0 Å². The van der Waals surface area contributed by atoms with Gasteiger partial charge in [-0.15, -0.1) is 0 Å². The first kappa shape index (κ1) is 19.2. The number of nitrogens with one attached hydrogen (secondary N) is 1. The molecule has 1 saturated heterocycles. The third-order valence-electron chi connectivity index (χ3n) is 5.67. The number of amides is 2. The van der Waals surface area contributed by atoms with Gasteiger partial charge in [0.25, 0.3) is 5.91 Å². The van der Waals surface area contributed by atoms with Crippen LogP contribution in [0.25, 0.3) is 0 Å². The van der Waals surface area contributed by atoms with E-state index in [1.165, 1.54) is 0 Å². The van der Waals surface area contributed by atoms with Crippen LogP contribution in [0.3, 0.4) is 0 Å². The number of hydrogen-bond donors (Lipinski definition) is 1. The van der Waals surface area contributed by atoms with Crippen LogP contribution in [0.15, 0.2) is 53.5 Å². The molecule has 2 aliphatic heterocycles. The fourth-order valence-corrected chi connectivity index (χ4v) is 3.86. The van der Waals surface area contributed by atoms with Crippen LogP contribution in [-0.2, 0) is 16.0 Å². The Hall–Kier alpha value is -3.15. The van der Waals surface area contributed by atoms with E-state index in [0.29, 0.717) is 38.1 Å². The van der Waals surface area contributed by atoms with Gasteiger partial charge >= 0.3 is 0 Å². The Morgan fingerprint density at radius 1 is 1.10 bits per heavy atom. The molecule has 4 rings (SSSR count). The second-order valence-electron chi connectivity index (χ2n) is 7.72. The van der Waals surface area contributed by atoms with E-state index in [1.807, 2.05) is 60.4 Å². The maximum absolute atomic E-state index is 12.7. The fraction of sp³-hybridized carbons (Fsp3) is 0.348. The molecular formula is C23H25N3O3. The topological polar surface area (TPSA) is 71.0 Å². The van der Waals surface area contributed by atoms with Crippen molar-refractivity contribution >= 4 is 17.5 Å². The largest absolute Gasteiger partial charge is 0.497 e. The van der Waals surface area contributed by atoms with Crippen molar-refractivity contribution in [2.45, 2.75) is 31.8 Å². The molecule has 0 bridgehead atoms. The molecule has 0 radical (unpaired) electrons. The number of piperidine rings is 1. The zero-order chi connectivity index (χ0) is 20.4. The van der Waals surface area contributed by atoms with Gasteiger partial charge in [0.05, 0.1) is 13.5 Å². The number of carbonyl (C=O) groups excluding carboxylic acids is 2. The summed E-state index contributed by atoms with van der Waals surface area (Å²) in [5, 5.41) is 3.06. The van der Waals surface area contributed by atoms with Gasteiger partial charge in [0.15, 0.2) is 0 Å². The van der Waals surface area contributed by atoms with E-state index in [1.54, 1.807) is 7.11 Å². The highest BCUT2D eigenvalue weighted by Crippen LogP contribution is 2.29. The maximum atomic E-state index is 12.7. The van der Waals surface area contributed by atoms with E-state index in [9.17, 15) is 9.59 Å². The summed E-state index contributed by atoms with van der Waals surface area (Å²) in [6.07, 6.45) is 1.62. The summed E-state index contributed by atoms with van der Waals surface area (Å²) in [6.45, 7) is 3.18. The summed E-state index contributed by atoms with van der Waals surface area (Å²) in [7, 11) is 1.62. The molecule has 6 heteroatoms. The molecule has 1 N–H and O–H groups in total. The van der Waals surface area contributed by atoms with Gasteiger partial charge in [-0.05, 0) is 24.6 Å². The van der Waals surface area contributed by atoms with Gasteiger partial charge in [-0.2, -0.15) is 0 Å². The highest BCUT2D eigenvalue weighted by atomic mass is 16.5. The van der Waals surface area contributed by atoms with Crippen molar-refractivity contribution in [1.29, 1.82) is 0 Å². The Bertz CT molecular complexity index is 940. The average molecular weight is 391 g/mol. The Kier molecular flexibility index (Phi) is 5.09. The predicted molar refractivity (Wildman–Crippen MR) is 111 cm³/mol. The highest BCUT2D eigenvalue weighted by molar-refractivity contribution is 6.46. The molecule has 1 fully saturated rings. The minimum atomic E-state index is -0.589. The second-order valence-corrected chi connectivity index (χ2v) is 7.72. The lowest BCUT2D eigenvalue weighted by Crippen LogP contribution is -2.52. The molecule has 2 heterocycles. The minimum Gasteiger partial charge on any atom is -0.497 e. The molecule has 2 amide bonds. The van der Waals surface area contributed by atoms with Crippen molar-refractivity contribution in [3.8, 4) is 5.75 Å². The molecule has 0 unspecified atom stereocenters. The third-order valence-corrected chi connectivity index (χ3v) is 5.67. The monoisotopic (exact) mass is 391 g/mol. The number of nitrogens with zero attached hydrogens (tertiary/aromatic N) is 2. The van der Waals surface area contributed by atoms with Crippen molar-refractivity contribution in [2.75, 3.05) is 20.2 Å². The Balaban J connectivity index is 1.40. The minimum absolute atomic E-state index is 0.0945. The standard InChI is InChI=1S/C23H25N3O3/c1-16-3-7-18(8-4-16)21-22(28)25-23(24-21)11-13-26(14-12-23)20(27)15-17-5-9-19(29-2)10-6-17/h3-10H,11-15H2,1-2H3,(H,25,28). The van der Waals surface area contributed by atoms with Gasteiger partial charge < -0.3 is 15.0 Å². The van der Waals surface area contributed by atoms with Crippen LogP contribution in [0.2, 0.25) is 0 Å². The number of hydrogen-bond acceptors (Lipinski definition) is 4. The number of carbonyl (C=O) groups is 2. The number of likely N-dealkylation sites (tertiary alicyclic amines) is 1. The van der Waals surface area contributed by atoms with Crippen LogP contribution in [0.5, 0.6) is 5.75 Å². The summed E-state index contributed by atoms with van der Waals surface area (Å²) < 4.78 is 5.16.